The van der Waals surface area contributed by atoms with Gasteiger partial charge in [0.05, 0.1) is 0 Å². The zero-order valence-corrected chi connectivity index (χ0v) is 8.45. The first-order valence-corrected chi connectivity index (χ1v) is 5.45. The molecule has 3 N–H and O–H groups in total. The second-order valence-electron chi connectivity index (χ2n) is 2.53. The SMILES string of the molecule is CNC(=O)CCCSCCCN. The van der Waals surface area contributed by atoms with E-state index in [4.69, 9.17) is 5.73 Å². The van der Waals surface area contributed by atoms with Crippen LogP contribution in [-0.2, 0) is 4.79 Å². The van der Waals surface area contributed by atoms with Crippen molar-refractivity contribution in [2.45, 2.75) is 19.3 Å². The third-order valence-electron chi connectivity index (χ3n) is 1.46. The number of nitrogens with two attached hydrogens (primary N) is 1. The first-order chi connectivity index (χ1) is 5.81. The zero-order valence-electron chi connectivity index (χ0n) is 7.64. The summed E-state index contributed by atoms with van der Waals surface area (Å²) in [5.41, 5.74) is 5.34. The number of amides is 1. The van der Waals surface area contributed by atoms with E-state index in [1.807, 2.05) is 11.8 Å². The van der Waals surface area contributed by atoms with Gasteiger partial charge in [-0.3, -0.25) is 4.79 Å². The third kappa shape index (κ3) is 7.88. The van der Waals surface area contributed by atoms with Crippen LogP contribution in [0.25, 0.3) is 0 Å². The van der Waals surface area contributed by atoms with E-state index in [9.17, 15) is 4.79 Å². The van der Waals surface area contributed by atoms with Crippen LogP contribution in [0.1, 0.15) is 19.3 Å². The summed E-state index contributed by atoms with van der Waals surface area (Å²) in [6.45, 7) is 0.766. The van der Waals surface area contributed by atoms with Gasteiger partial charge in [0.2, 0.25) is 5.91 Å². The minimum atomic E-state index is 0.134. The Labute approximate surface area is 78.5 Å². The Kier molecular flexibility index (Phi) is 8.71. The van der Waals surface area contributed by atoms with Crippen LogP contribution in [0, 0.1) is 0 Å². The average Bonchev–Trinajstić information content (AvgIpc) is 2.10. The van der Waals surface area contributed by atoms with Crippen molar-refractivity contribution in [1.82, 2.24) is 5.32 Å². The number of hydrogen-bond donors (Lipinski definition) is 2. The van der Waals surface area contributed by atoms with Crippen molar-refractivity contribution in [1.29, 1.82) is 0 Å². The molecular weight excluding hydrogens is 172 g/mol. The minimum absolute atomic E-state index is 0.134. The van der Waals surface area contributed by atoms with E-state index in [2.05, 4.69) is 5.32 Å². The Bertz CT molecular complexity index is 120. The maximum absolute atomic E-state index is 10.8. The van der Waals surface area contributed by atoms with E-state index in [1.54, 1.807) is 7.05 Å². The molecule has 0 aliphatic heterocycles. The first-order valence-electron chi connectivity index (χ1n) is 4.29. The molecule has 0 saturated heterocycles. The van der Waals surface area contributed by atoms with Crippen LogP contribution < -0.4 is 11.1 Å². The van der Waals surface area contributed by atoms with Gasteiger partial charge in [-0.1, -0.05) is 0 Å². The Morgan fingerprint density at radius 3 is 2.67 bits per heavy atom. The van der Waals surface area contributed by atoms with Gasteiger partial charge in [0.1, 0.15) is 0 Å². The van der Waals surface area contributed by atoms with Gasteiger partial charge in [-0.05, 0) is 30.9 Å². The standard InChI is InChI=1S/C8H18N2OS/c1-10-8(11)4-2-6-12-7-3-5-9/h2-7,9H2,1H3,(H,10,11). The largest absolute Gasteiger partial charge is 0.359 e. The van der Waals surface area contributed by atoms with Gasteiger partial charge in [0.25, 0.3) is 0 Å². The monoisotopic (exact) mass is 190 g/mol. The molecule has 0 saturated carbocycles. The number of rotatable bonds is 7. The summed E-state index contributed by atoms with van der Waals surface area (Å²) in [7, 11) is 1.67. The van der Waals surface area contributed by atoms with Crippen LogP contribution in [0.5, 0.6) is 0 Å². The van der Waals surface area contributed by atoms with Crippen molar-refractivity contribution in [3.05, 3.63) is 0 Å². The van der Waals surface area contributed by atoms with E-state index < -0.39 is 0 Å². The highest BCUT2D eigenvalue weighted by atomic mass is 32.2. The molecule has 0 aromatic rings. The third-order valence-corrected chi connectivity index (χ3v) is 2.62. The molecule has 0 fully saturated rings. The highest BCUT2D eigenvalue weighted by molar-refractivity contribution is 7.99. The van der Waals surface area contributed by atoms with Crippen molar-refractivity contribution >= 4 is 17.7 Å². The summed E-state index contributed by atoms with van der Waals surface area (Å²) >= 11 is 1.87. The van der Waals surface area contributed by atoms with Crippen LogP contribution in [0.3, 0.4) is 0 Å². The lowest BCUT2D eigenvalue weighted by molar-refractivity contribution is -0.120. The smallest absolute Gasteiger partial charge is 0.219 e. The summed E-state index contributed by atoms with van der Waals surface area (Å²) in [5.74, 6) is 2.31. The van der Waals surface area contributed by atoms with Gasteiger partial charge < -0.3 is 11.1 Å². The molecule has 0 spiro atoms. The van der Waals surface area contributed by atoms with Crippen molar-refractivity contribution in [2.24, 2.45) is 5.73 Å². The molecule has 1 amide bonds. The van der Waals surface area contributed by atoms with Gasteiger partial charge >= 0.3 is 0 Å². The highest BCUT2D eigenvalue weighted by Crippen LogP contribution is 2.05. The molecular formula is C8H18N2OS. The molecule has 0 heterocycles. The number of carbonyl (C=O) groups excluding carboxylic acids is 1. The molecule has 0 atom stereocenters. The molecule has 0 aromatic heterocycles. The summed E-state index contributed by atoms with van der Waals surface area (Å²) in [6, 6.07) is 0. The van der Waals surface area contributed by atoms with Gasteiger partial charge in [-0.25, -0.2) is 0 Å². The topological polar surface area (TPSA) is 55.1 Å². The summed E-state index contributed by atoms with van der Waals surface area (Å²) in [5, 5.41) is 2.60. The molecule has 0 rings (SSSR count). The predicted molar refractivity (Wildman–Crippen MR) is 54.3 cm³/mol. The number of thioether (sulfide) groups is 1. The minimum Gasteiger partial charge on any atom is -0.359 e. The lowest BCUT2D eigenvalue weighted by Crippen LogP contribution is -2.17. The number of hydrogen-bond acceptors (Lipinski definition) is 3. The number of nitrogens with one attached hydrogen (secondary N) is 1. The summed E-state index contributed by atoms with van der Waals surface area (Å²) in [6.07, 6.45) is 2.69. The molecule has 0 aliphatic rings. The van der Waals surface area contributed by atoms with E-state index in [1.165, 1.54) is 0 Å². The fourth-order valence-electron chi connectivity index (χ4n) is 0.747. The lowest BCUT2D eigenvalue weighted by Gasteiger charge is -1.99. The van der Waals surface area contributed by atoms with Crippen molar-refractivity contribution in [3.8, 4) is 0 Å². The van der Waals surface area contributed by atoms with E-state index >= 15 is 0 Å². The van der Waals surface area contributed by atoms with Crippen LogP contribution in [0.4, 0.5) is 0 Å². The van der Waals surface area contributed by atoms with Crippen molar-refractivity contribution < 1.29 is 4.79 Å². The van der Waals surface area contributed by atoms with Gasteiger partial charge in [-0.15, -0.1) is 0 Å². The van der Waals surface area contributed by atoms with Crippen molar-refractivity contribution in [3.63, 3.8) is 0 Å². The van der Waals surface area contributed by atoms with Crippen LogP contribution >= 0.6 is 11.8 Å². The first kappa shape index (κ1) is 11.8. The Balaban J connectivity index is 2.95. The average molecular weight is 190 g/mol. The molecule has 0 unspecified atom stereocenters. The van der Waals surface area contributed by atoms with Crippen LogP contribution in [-0.4, -0.2) is 31.0 Å². The predicted octanol–water partition coefficient (Wildman–Crippen LogP) is 0.595. The number of carbonyl (C=O) groups is 1. The van der Waals surface area contributed by atoms with E-state index in [0.29, 0.717) is 6.42 Å². The van der Waals surface area contributed by atoms with Gasteiger partial charge in [0, 0.05) is 13.5 Å². The molecule has 3 nitrogen and oxygen atoms in total. The molecule has 0 aromatic carbocycles. The Hall–Kier alpha value is -0.220. The normalized spacial score (nSPS) is 9.83. The molecule has 4 heteroatoms. The van der Waals surface area contributed by atoms with E-state index in [-0.39, 0.29) is 5.91 Å². The van der Waals surface area contributed by atoms with Gasteiger partial charge in [0.15, 0.2) is 0 Å². The quantitative estimate of drug-likeness (QED) is 0.578. The molecule has 0 radical (unpaired) electrons. The van der Waals surface area contributed by atoms with Gasteiger partial charge in [-0.2, -0.15) is 11.8 Å². The highest BCUT2D eigenvalue weighted by Gasteiger charge is 1.96. The molecule has 72 valence electrons. The Morgan fingerprint density at radius 1 is 1.42 bits per heavy atom. The second-order valence-corrected chi connectivity index (χ2v) is 3.76. The lowest BCUT2D eigenvalue weighted by atomic mass is 10.3. The zero-order chi connectivity index (χ0) is 9.23. The second kappa shape index (κ2) is 8.87. The molecule has 0 aliphatic carbocycles. The maximum Gasteiger partial charge on any atom is 0.219 e. The van der Waals surface area contributed by atoms with E-state index in [0.717, 1.165) is 30.9 Å². The Morgan fingerprint density at radius 2 is 2.08 bits per heavy atom. The summed E-state index contributed by atoms with van der Waals surface area (Å²) < 4.78 is 0. The van der Waals surface area contributed by atoms with Crippen molar-refractivity contribution in [2.75, 3.05) is 25.1 Å². The fraction of sp³-hybridized carbons (Fsp3) is 0.875. The molecule has 0 bridgehead atoms. The summed E-state index contributed by atoms with van der Waals surface area (Å²) in [4.78, 5) is 10.8. The molecule has 12 heavy (non-hydrogen) atoms. The fourth-order valence-corrected chi connectivity index (χ4v) is 1.67. The van der Waals surface area contributed by atoms with Crippen LogP contribution in [0.15, 0.2) is 0 Å². The maximum atomic E-state index is 10.8. The van der Waals surface area contributed by atoms with Crippen LogP contribution in [0.2, 0.25) is 0 Å².